The van der Waals surface area contributed by atoms with Crippen LogP contribution in [0.1, 0.15) is 70.6 Å². The Bertz CT molecular complexity index is 2310. The average Bonchev–Trinajstić information content (AvgIpc) is 4.08. The zero-order chi connectivity index (χ0) is 40.2. The molecule has 17 nitrogen and oxygen atoms in total. The van der Waals surface area contributed by atoms with Gasteiger partial charge in [0.25, 0.3) is 0 Å². The first-order valence-electron chi connectivity index (χ1n) is 19.5. The summed E-state index contributed by atoms with van der Waals surface area (Å²) in [4.78, 5) is 43.0. The Hall–Kier alpha value is -6.17. The molecule has 6 aromatic rings. The van der Waals surface area contributed by atoms with Crippen LogP contribution in [0.2, 0.25) is 0 Å². The number of nitrogens with zero attached hydrogens (tertiary/aromatic N) is 9. The number of rotatable bonds is 13. The molecule has 3 aromatic heterocycles. The Morgan fingerprint density at radius 1 is 0.932 bits per heavy atom. The molecular formula is C41H47ClN12O5. The number of anilines is 2. The van der Waals surface area contributed by atoms with E-state index in [2.05, 4.69) is 55.6 Å². The third-order valence-corrected chi connectivity index (χ3v) is 11.0. The summed E-state index contributed by atoms with van der Waals surface area (Å²) in [5.74, 6) is 1.10. The van der Waals surface area contributed by atoms with Gasteiger partial charge in [-0.05, 0) is 46.9 Å². The second-order valence-corrected chi connectivity index (χ2v) is 14.6. The van der Waals surface area contributed by atoms with E-state index in [1.165, 1.54) is 11.9 Å². The smallest absolute Gasteiger partial charge is 0.337 e. The molecule has 1 saturated heterocycles. The standard InChI is InChI=1S/C41H46N12O5.ClH/c1-3-33-48-50-53(49-33)32-20-31(35(54)36(32)55)52-24-44-34-37(42-22-30(26-10-6-4-7-11-26)27-12-8-5-9-13-27)46-40(47-38(34)52)51-19-18-29(23-51)45-41(57)43-21-25-14-16-28(17-15-25)39(56)58-2;/h4-17,24,29-32,35-36,54-55H,3,18-23H2,1-2H3,(H,42,46,47)(H2,43,45,57);1H/t29?,31-,32+,35+,36-;/m1./s1. The Balaban J connectivity index is 0.00000528. The second kappa shape index (κ2) is 18.2. The molecular weight excluding hydrogens is 776 g/mol. The van der Waals surface area contributed by atoms with E-state index in [0.29, 0.717) is 73.2 Å². The van der Waals surface area contributed by atoms with Crippen molar-refractivity contribution in [2.24, 2.45) is 0 Å². The van der Waals surface area contributed by atoms with E-state index in [-0.39, 0.29) is 36.9 Å². The molecule has 5 N–H and O–H groups in total. The number of tetrazole rings is 1. The largest absolute Gasteiger partial charge is 0.465 e. The fraction of sp³-hybridized carbons (Fsp3) is 0.366. The van der Waals surface area contributed by atoms with Gasteiger partial charge in [-0.25, -0.2) is 14.6 Å². The highest BCUT2D eigenvalue weighted by atomic mass is 35.5. The summed E-state index contributed by atoms with van der Waals surface area (Å²) in [5.41, 5.74) is 4.58. The number of hydrogen-bond donors (Lipinski definition) is 5. The molecule has 0 bridgehead atoms. The second-order valence-electron chi connectivity index (χ2n) is 14.6. The third-order valence-electron chi connectivity index (χ3n) is 11.0. The van der Waals surface area contributed by atoms with Gasteiger partial charge in [-0.1, -0.05) is 79.7 Å². The van der Waals surface area contributed by atoms with Crippen LogP contribution in [-0.2, 0) is 17.7 Å². The zero-order valence-electron chi connectivity index (χ0n) is 32.6. The van der Waals surface area contributed by atoms with Crippen LogP contribution in [0.15, 0.2) is 91.3 Å². The number of halogens is 1. The number of aryl methyl sites for hydroxylation is 1. The van der Waals surface area contributed by atoms with E-state index in [9.17, 15) is 19.8 Å². The normalized spacial score (nSPS) is 20.1. The maximum absolute atomic E-state index is 13.0. The average molecular weight is 823 g/mol. The van der Waals surface area contributed by atoms with Crippen molar-refractivity contribution in [3.63, 3.8) is 0 Å². The SMILES string of the molecule is CCc1nnn([C@H]2C[C@@H](n3cnc4c(NCC(c5ccccc5)c5ccccc5)nc(N5CCC(NC(=O)NCc6ccc(C(=O)OC)cc6)C5)nc43)[C@H](O)[C@@H]2O)n1.Cl. The van der Waals surface area contributed by atoms with Gasteiger partial charge in [0.05, 0.1) is 25.0 Å². The quantitative estimate of drug-likeness (QED) is 0.105. The number of aromatic nitrogens is 8. The molecule has 4 heterocycles. The molecule has 1 unspecified atom stereocenters. The van der Waals surface area contributed by atoms with Crippen molar-refractivity contribution in [3.05, 3.63) is 119 Å². The molecule has 59 heavy (non-hydrogen) atoms. The number of fused-ring (bicyclic) bond motifs is 1. The number of nitrogens with one attached hydrogen (secondary N) is 3. The van der Waals surface area contributed by atoms with Crippen molar-refractivity contribution in [2.75, 3.05) is 37.0 Å². The van der Waals surface area contributed by atoms with E-state index in [1.54, 1.807) is 35.2 Å². The lowest BCUT2D eigenvalue weighted by Crippen LogP contribution is -2.43. The van der Waals surface area contributed by atoms with Crippen molar-refractivity contribution in [1.29, 1.82) is 0 Å². The predicted molar refractivity (Wildman–Crippen MR) is 221 cm³/mol. The maximum Gasteiger partial charge on any atom is 0.337 e. The number of methoxy groups -OCH3 is 1. The highest BCUT2D eigenvalue weighted by Crippen LogP contribution is 2.40. The summed E-state index contributed by atoms with van der Waals surface area (Å²) in [7, 11) is 1.33. The van der Waals surface area contributed by atoms with E-state index in [1.807, 2.05) is 48.2 Å². The molecule has 5 atom stereocenters. The van der Waals surface area contributed by atoms with Crippen molar-refractivity contribution in [3.8, 4) is 0 Å². The first kappa shape index (κ1) is 41.0. The molecule has 3 aromatic carbocycles. The predicted octanol–water partition coefficient (Wildman–Crippen LogP) is 3.81. The van der Waals surface area contributed by atoms with Gasteiger partial charge in [-0.15, -0.1) is 22.6 Å². The monoisotopic (exact) mass is 822 g/mol. The number of carbonyl (C=O) groups is 2. The fourth-order valence-electron chi connectivity index (χ4n) is 7.79. The highest BCUT2D eigenvalue weighted by Gasteiger charge is 2.45. The van der Waals surface area contributed by atoms with Crippen LogP contribution in [0, 0.1) is 0 Å². The Morgan fingerprint density at radius 2 is 1.63 bits per heavy atom. The number of carbonyl (C=O) groups excluding carboxylic acids is 2. The lowest BCUT2D eigenvalue weighted by atomic mass is 9.91. The molecule has 18 heteroatoms. The van der Waals surface area contributed by atoms with Crippen molar-refractivity contribution in [2.45, 2.75) is 69.0 Å². The summed E-state index contributed by atoms with van der Waals surface area (Å²) < 4.78 is 6.57. The van der Waals surface area contributed by atoms with Gasteiger partial charge in [-0.2, -0.15) is 14.8 Å². The highest BCUT2D eigenvalue weighted by molar-refractivity contribution is 5.89. The number of amides is 2. The summed E-state index contributed by atoms with van der Waals surface area (Å²) in [6, 6.07) is 25.7. The lowest BCUT2D eigenvalue weighted by molar-refractivity contribution is 0.00473. The minimum atomic E-state index is -1.15. The fourth-order valence-corrected chi connectivity index (χ4v) is 7.79. The zero-order valence-corrected chi connectivity index (χ0v) is 33.4. The van der Waals surface area contributed by atoms with Gasteiger partial charge in [0.15, 0.2) is 22.8 Å². The van der Waals surface area contributed by atoms with Crippen LogP contribution in [0.4, 0.5) is 16.6 Å². The van der Waals surface area contributed by atoms with Crippen LogP contribution >= 0.6 is 12.4 Å². The van der Waals surface area contributed by atoms with Gasteiger partial charge < -0.3 is 40.4 Å². The number of urea groups is 1. The molecule has 8 rings (SSSR count). The van der Waals surface area contributed by atoms with Crippen molar-refractivity contribution >= 4 is 47.3 Å². The molecule has 1 saturated carbocycles. The Labute approximate surface area is 346 Å². The molecule has 2 aliphatic rings. The Kier molecular flexibility index (Phi) is 12.6. The number of hydrogen-bond acceptors (Lipinski definition) is 13. The number of imidazole rings is 1. The Morgan fingerprint density at radius 3 is 2.29 bits per heavy atom. The molecule has 308 valence electrons. The van der Waals surface area contributed by atoms with Crippen LogP contribution in [0.5, 0.6) is 0 Å². The van der Waals surface area contributed by atoms with Gasteiger partial charge in [0.1, 0.15) is 18.2 Å². The number of benzene rings is 3. The summed E-state index contributed by atoms with van der Waals surface area (Å²) >= 11 is 0. The first-order chi connectivity index (χ1) is 28.3. The molecule has 2 amide bonds. The molecule has 0 spiro atoms. The van der Waals surface area contributed by atoms with E-state index < -0.39 is 30.3 Å². The van der Waals surface area contributed by atoms with Crippen LogP contribution in [0.3, 0.4) is 0 Å². The van der Waals surface area contributed by atoms with Gasteiger partial charge >= 0.3 is 12.0 Å². The number of aliphatic hydroxyl groups is 2. The summed E-state index contributed by atoms with van der Waals surface area (Å²) in [5, 5.41) is 44.8. The summed E-state index contributed by atoms with van der Waals surface area (Å²) in [6.07, 6.45) is 0.912. The molecule has 1 aliphatic heterocycles. The minimum Gasteiger partial charge on any atom is -0.465 e. The molecule has 0 radical (unpaired) electrons. The molecule has 2 fully saturated rings. The minimum absolute atomic E-state index is 0. The van der Waals surface area contributed by atoms with Crippen molar-refractivity contribution in [1.82, 2.24) is 50.4 Å². The third kappa shape index (κ3) is 8.81. The van der Waals surface area contributed by atoms with Crippen molar-refractivity contribution < 1.29 is 24.5 Å². The maximum atomic E-state index is 13.0. The summed E-state index contributed by atoms with van der Waals surface area (Å²) in [6.45, 7) is 3.76. The molecule has 1 aliphatic carbocycles. The van der Waals surface area contributed by atoms with Crippen LogP contribution in [-0.4, -0.2) is 107 Å². The number of aliphatic hydroxyl groups excluding tert-OH is 2. The van der Waals surface area contributed by atoms with Gasteiger partial charge in [0, 0.05) is 44.6 Å². The van der Waals surface area contributed by atoms with Gasteiger partial charge in [-0.3, -0.25) is 0 Å². The van der Waals surface area contributed by atoms with Crippen LogP contribution in [0.25, 0.3) is 11.2 Å². The lowest BCUT2D eigenvalue weighted by Gasteiger charge is -2.22. The van der Waals surface area contributed by atoms with E-state index in [4.69, 9.17) is 19.7 Å². The number of esters is 1. The van der Waals surface area contributed by atoms with Gasteiger partial charge in [0.2, 0.25) is 5.95 Å². The topological polar surface area (TPSA) is 210 Å². The first-order valence-corrected chi connectivity index (χ1v) is 19.5. The van der Waals surface area contributed by atoms with E-state index >= 15 is 0 Å². The number of ether oxygens (including phenoxy) is 1. The van der Waals surface area contributed by atoms with Crippen LogP contribution < -0.4 is 20.9 Å². The van der Waals surface area contributed by atoms with E-state index in [0.717, 1.165) is 16.7 Å².